The van der Waals surface area contributed by atoms with Crippen molar-refractivity contribution in [2.75, 3.05) is 18.1 Å². The van der Waals surface area contributed by atoms with Crippen LogP contribution in [0.4, 0.5) is 5.69 Å². The Balaban J connectivity index is 1.73. The van der Waals surface area contributed by atoms with Gasteiger partial charge in [-0.1, -0.05) is 12.1 Å². The first-order valence-electron chi connectivity index (χ1n) is 8.03. The Kier molecular flexibility index (Phi) is 4.79. The van der Waals surface area contributed by atoms with E-state index in [-0.39, 0.29) is 5.91 Å². The van der Waals surface area contributed by atoms with E-state index >= 15 is 0 Å². The quantitative estimate of drug-likeness (QED) is 0.624. The van der Waals surface area contributed by atoms with E-state index in [1.807, 2.05) is 13.0 Å². The zero-order valence-corrected chi connectivity index (χ0v) is 13.5. The van der Waals surface area contributed by atoms with Gasteiger partial charge >= 0.3 is 5.97 Å². The van der Waals surface area contributed by atoms with Gasteiger partial charge in [0.2, 0.25) is 5.91 Å². The van der Waals surface area contributed by atoms with Gasteiger partial charge in [-0.3, -0.25) is 4.79 Å². The summed E-state index contributed by atoms with van der Waals surface area (Å²) in [7, 11) is 0. The fraction of sp³-hybridized carbons (Fsp3) is 0.263. The molecule has 0 aromatic heterocycles. The van der Waals surface area contributed by atoms with Crippen LogP contribution in [0.15, 0.2) is 48.5 Å². The number of rotatable bonds is 5. The molecule has 0 unspecified atom stereocenters. The van der Waals surface area contributed by atoms with Gasteiger partial charge in [-0.05, 0) is 49.7 Å². The molecule has 0 aliphatic carbocycles. The van der Waals surface area contributed by atoms with E-state index in [2.05, 4.69) is 0 Å². The van der Waals surface area contributed by atoms with Crippen LogP contribution in [0.1, 0.15) is 30.1 Å². The highest BCUT2D eigenvalue weighted by atomic mass is 16.6. The van der Waals surface area contributed by atoms with E-state index in [1.165, 1.54) is 0 Å². The third-order valence-corrected chi connectivity index (χ3v) is 3.84. The molecule has 2 aromatic carbocycles. The van der Waals surface area contributed by atoms with Gasteiger partial charge in [-0.2, -0.15) is 0 Å². The van der Waals surface area contributed by atoms with Crippen molar-refractivity contribution in [3.05, 3.63) is 54.1 Å². The molecule has 124 valence electrons. The summed E-state index contributed by atoms with van der Waals surface area (Å²) in [5.41, 5.74) is 1.24. The van der Waals surface area contributed by atoms with Crippen molar-refractivity contribution in [2.24, 2.45) is 0 Å². The lowest BCUT2D eigenvalue weighted by atomic mass is 10.2. The molecule has 5 heteroatoms. The second kappa shape index (κ2) is 7.17. The van der Waals surface area contributed by atoms with E-state index in [1.54, 1.807) is 47.4 Å². The molecule has 0 saturated carbocycles. The number of carbonyl (C=O) groups is 2. The van der Waals surface area contributed by atoms with E-state index in [0.29, 0.717) is 30.1 Å². The normalized spacial score (nSPS) is 13.9. The lowest BCUT2D eigenvalue weighted by Crippen LogP contribution is -2.23. The molecule has 5 nitrogen and oxygen atoms in total. The SMILES string of the molecule is CCOc1ccccc1OC(=O)c1ccc(N2CCCC2=O)cc1. The Morgan fingerprint density at radius 3 is 2.42 bits per heavy atom. The van der Waals surface area contributed by atoms with Gasteiger partial charge in [0.25, 0.3) is 0 Å². The third-order valence-electron chi connectivity index (χ3n) is 3.84. The predicted octanol–water partition coefficient (Wildman–Crippen LogP) is 3.43. The molecule has 1 fully saturated rings. The van der Waals surface area contributed by atoms with Crippen LogP contribution in [0.5, 0.6) is 11.5 Å². The summed E-state index contributed by atoms with van der Waals surface area (Å²) < 4.78 is 10.9. The van der Waals surface area contributed by atoms with Crippen LogP contribution in [-0.2, 0) is 4.79 Å². The van der Waals surface area contributed by atoms with Gasteiger partial charge in [0.05, 0.1) is 12.2 Å². The van der Waals surface area contributed by atoms with Crippen molar-refractivity contribution in [2.45, 2.75) is 19.8 Å². The van der Waals surface area contributed by atoms with Crippen LogP contribution in [0.3, 0.4) is 0 Å². The first-order valence-corrected chi connectivity index (χ1v) is 8.03. The number of nitrogens with zero attached hydrogens (tertiary/aromatic N) is 1. The van der Waals surface area contributed by atoms with Crippen molar-refractivity contribution < 1.29 is 19.1 Å². The van der Waals surface area contributed by atoms with Crippen LogP contribution in [0.2, 0.25) is 0 Å². The van der Waals surface area contributed by atoms with Gasteiger partial charge in [-0.25, -0.2) is 4.79 Å². The molecule has 1 aliphatic rings. The molecule has 0 N–H and O–H groups in total. The summed E-state index contributed by atoms with van der Waals surface area (Å²) in [6.07, 6.45) is 1.45. The van der Waals surface area contributed by atoms with E-state index in [9.17, 15) is 9.59 Å². The number of anilines is 1. The summed E-state index contributed by atoms with van der Waals surface area (Å²) in [6.45, 7) is 3.09. The van der Waals surface area contributed by atoms with E-state index in [4.69, 9.17) is 9.47 Å². The zero-order valence-electron chi connectivity index (χ0n) is 13.5. The summed E-state index contributed by atoms with van der Waals surface area (Å²) in [4.78, 5) is 25.8. The number of carbonyl (C=O) groups excluding carboxylic acids is 2. The molecule has 1 aliphatic heterocycles. The number of benzene rings is 2. The minimum Gasteiger partial charge on any atom is -0.490 e. The minimum absolute atomic E-state index is 0.121. The number of hydrogen-bond acceptors (Lipinski definition) is 4. The highest BCUT2D eigenvalue weighted by Crippen LogP contribution is 2.28. The van der Waals surface area contributed by atoms with E-state index < -0.39 is 5.97 Å². The van der Waals surface area contributed by atoms with Crippen molar-refractivity contribution in [3.63, 3.8) is 0 Å². The summed E-state index contributed by atoms with van der Waals surface area (Å²) in [5.74, 6) is 0.591. The van der Waals surface area contributed by atoms with Gasteiger partial charge in [0, 0.05) is 18.7 Å². The van der Waals surface area contributed by atoms with Gasteiger partial charge < -0.3 is 14.4 Å². The molecule has 0 spiro atoms. The van der Waals surface area contributed by atoms with Crippen LogP contribution < -0.4 is 14.4 Å². The highest BCUT2D eigenvalue weighted by molar-refractivity contribution is 5.96. The van der Waals surface area contributed by atoms with Crippen LogP contribution in [0, 0.1) is 0 Å². The third kappa shape index (κ3) is 3.40. The van der Waals surface area contributed by atoms with Gasteiger partial charge in [-0.15, -0.1) is 0 Å². The topological polar surface area (TPSA) is 55.8 Å². The summed E-state index contributed by atoms with van der Waals surface area (Å²) in [6, 6.07) is 14.0. The molecule has 0 bridgehead atoms. The predicted molar refractivity (Wildman–Crippen MR) is 90.6 cm³/mol. The Labute approximate surface area is 140 Å². The van der Waals surface area contributed by atoms with Crippen molar-refractivity contribution in [3.8, 4) is 11.5 Å². The lowest BCUT2D eigenvalue weighted by Gasteiger charge is -2.16. The number of amides is 1. The number of ether oxygens (including phenoxy) is 2. The standard InChI is InChI=1S/C19H19NO4/c1-2-23-16-6-3-4-7-17(16)24-19(22)14-9-11-15(12-10-14)20-13-5-8-18(20)21/h3-4,6-7,9-12H,2,5,8,13H2,1H3. The molecule has 24 heavy (non-hydrogen) atoms. The first-order chi connectivity index (χ1) is 11.7. The summed E-state index contributed by atoms with van der Waals surface area (Å²) >= 11 is 0. The Bertz CT molecular complexity index is 739. The minimum atomic E-state index is -0.457. The molecular weight excluding hydrogens is 306 g/mol. The Hall–Kier alpha value is -2.82. The lowest BCUT2D eigenvalue weighted by molar-refractivity contribution is -0.117. The fourth-order valence-electron chi connectivity index (χ4n) is 2.67. The molecule has 0 radical (unpaired) electrons. The maximum Gasteiger partial charge on any atom is 0.343 e. The molecule has 2 aromatic rings. The van der Waals surface area contributed by atoms with Gasteiger partial charge in [0.1, 0.15) is 0 Å². The fourth-order valence-corrected chi connectivity index (χ4v) is 2.67. The number of esters is 1. The zero-order chi connectivity index (χ0) is 16.9. The second-order valence-corrected chi connectivity index (χ2v) is 5.47. The van der Waals surface area contributed by atoms with Crippen molar-refractivity contribution in [1.82, 2.24) is 0 Å². The smallest absolute Gasteiger partial charge is 0.343 e. The highest BCUT2D eigenvalue weighted by Gasteiger charge is 2.22. The molecule has 1 heterocycles. The van der Waals surface area contributed by atoms with Crippen LogP contribution in [0.25, 0.3) is 0 Å². The first kappa shape index (κ1) is 16.1. The average Bonchev–Trinajstić information content (AvgIpc) is 3.03. The van der Waals surface area contributed by atoms with E-state index in [0.717, 1.165) is 18.7 Å². The van der Waals surface area contributed by atoms with Crippen molar-refractivity contribution >= 4 is 17.6 Å². The summed E-state index contributed by atoms with van der Waals surface area (Å²) in [5, 5.41) is 0. The van der Waals surface area contributed by atoms with Gasteiger partial charge in [0.15, 0.2) is 11.5 Å². The second-order valence-electron chi connectivity index (χ2n) is 5.47. The number of para-hydroxylation sites is 2. The average molecular weight is 325 g/mol. The maximum absolute atomic E-state index is 12.3. The Morgan fingerprint density at radius 2 is 1.79 bits per heavy atom. The molecule has 3 rings (SSSR count). The molecular formula is C19H19NO4. The number of hydrogen-bond donors (Lipinski definition) is 0. The van der Waals surface area contributed by atoms with Crippen LogP contribution >= 0.6 is 0 Å². The molecule has 0 atom stereocenters. The Morgan fingerprint density at radius 1 is 1.08 bits per heavy atom. The van der Waals surface area contributed by atoms with Crippen molar-refractivity contribution in [1.29, 1.82) is 0 Å². The monoisotopic (exact) mass is 325 g/mol. The maximum atomic E-state index is 12.3. The molecule has 1 amide bonds. The largest absolute Gasteiger partial charge is 0.490 e. The molecule has 1 saturated heterocycles. The van der Waals surface area contributed by atoms with Crippen LogP contribution in [-0.4, -0.2) is 25.0 Å².